The van der Waals surface area contributed by atoms with Gasteiger partial charge in [-0.3, -0.25) is 0 Å². The standard InChI is InChI=1S/C25H25N5O2S/c1-4-32-24(31)21-20(17-11-7-5-8-12-17)22(18-13-9-6-10-14-18)28-29-23(21)27-25-26-19(16-33-25)15-30(2)3/h5-14,16H,4,15H2,1-3H3,(H,26,27,29). The van der Waals surface area contributed by atoms with Crippen molar-refractivity contribution in [3.8, 4) is 22.4 Å². The number of rotatable bonds is 8. The molecule has 2 aromatic heterocycles. The third kappa shape index (κ3) is 5.24. The lowest BCUT2D eigenvalue weighted by Gasteiger charge is -2.16. The highest BCUT2D eigenvalue weighted by Crippen LogP contribution is 2.37. The Hall–Kier alpha value is -3.62. The monoisotopic (exact) mass is 459 g/mol. The third-order valence-electron chi connectivity index (χ3n) is 4.82. The molecule has 8 heteroatoms. The summed E-state index contributed by atoms with van der Waals surface area (Å²) in [4.78, 5) is 19.9. The van der Waals surface area contributed by atoms with E-state index in [0.29, 0.717) is 27.8 Å². The highest BCUT2D eigenvalue weighted by atomic mass is 32.1. The summed E-state index contributed by atoms with van der Waals surface area (Å²) in [5, 5.41) is 14.8. The lowest BCUT2D eigenvalue weighted by molar-refractivity contribution is 0.0528. The number of ether oxygens (including phenoxy) is 1. The van der Waals surface area contributed by atoms with Crippen LogP contribution in [0.15, 0.2) is 66.0 Å². The molecule has 33 heavy (non-hydrogen) atoms. The number of carbonyl (C=O) groups is 1. The second-order valence-corrected chi connectivity index (χ2v) is 8.46. The van der Waals surface area contributed by atoms with Gasteiger partial charge in [-0.1, -0.05) is 60.7 Å². The zero-order valence-corrected chi connectivity index (χ0v) is 19.6. The van der Waals surface area contributed by atoms with Gasteiger partial charge in [-0.15, -0.1) is 21.5 Å². The van der Waals surface area contributed by atoms with Gasteiger partial charge in [0.25, 0.3) is 0 Å². The number of esters is 1. The van der Waals surface area contributed by atoms with Gasteiger partial charge in [0.1, 0.15) is 11.3 Å². The van der Waals surface area contributed by atoms with Gasteiger partial charge in [0.2, 0.25) is 0 Å². The first-order valence-electron chi connectivity index (χ1n) is 10.6. The van der Waals surface area contributed by atoms with Crippen LogP contribution in [0, 0.1) is 0 Å². The van der Waals surface area contributed by atoms with Gasteiger partial charge in [0.15, 0.2) is 10.9 Å². The number of benzene rings is 2. The summed E-state index contributed by atoms with van der Waals surface area (Å²) >= 11 is 1.45. The maximum absolute atomic E-state index is 13.2. The van der Waals surface area contributed by atoms with Crippen molar-refractivity contribution in [2.24, 2.45) is 0 Å². The highest BCUT2D eigenvalue weighted by Gasteiger charge is 2.26. The SMILES string of the molecule is CCOC(=O)c1c(Nc2nc(CN(C)C)cs2)nnc(-c2ccccc2)c1-c1ccccc1. The van der Waals surface area contributed by atoms with Crippen LogP contribution in [-0.2, 0) is 11.3 Å². The molecule has 1 N–H and O–H groups in total. The first-order valence-corrected chi connectivity index (χ1v) is 11.5. The van der Waals surface area contributed by atoms with E-state index in [9.17, 15) is 4.79 Å². The van der Waals surface area contributed by atoms with E-state index in [0.717, 1.165) is 23.4 Å². The zero-order valence-electron chi connectivity index (χ0n) is 18.8. The predicted molar refractivity (Wildman–Crippen MR) is 132 cm³/mol. The Balaban J connectivity index is 1.88. The van der Waals surface area contributed by atoms with Gasteiger partial charge in [0.05, 0.1) is 12.3 Å². The van der Waals surface area contributed by atoms with Crippen molar-refractivity contribution in [1.82, 2.24) is 20.1 Å². The molecule has 2 heterocycles. The smallest absolute Gasteiger partial charge is 0.342 e. The largest absolute Gasteiger partial charge is 0.462 e. The Morgan fingerprint density at radius 2 is 1.67 bits per heavy atom. The molecule has 0 aliphatic carbocycles. The summed E-state index contributed by atoms with van der Waals surface area (Å²) in [5.41, 5.74) is 4.27. The molecule has 0 unspecified atom stereocenters. The van der Waals surface area contributed by atoms with Crippen molar-refractivity contribution in [2.75, 3.05) is 26.0 Å². The molecular formula is C25H25N5O2S. The van der Waals surface area contributed by atoms with Gasteiger partial charge in [0, 0.05) is 23.1 Å². The minimum absolute atomic E-state index is 0.250. The number of hydrogen-bond donors (Lipinski definition) is 1. The van der Waals surface area contributed by atoms with Gasteiger partial charge in [-0.25, -0.2) is 9.78 Å². The molecule has 0 atom stereocenters. The van der Waals surface area contributed by atoms with E-state index in [2.05, 4.69) is 20.5 Å². The van der Waals surface area contributed by atoms with E-state index in [1.807, 2.05) is 85.0 Å². The molecule has 0 amide bonds. The molecule has 4 rings (SSSR count). The average Bonchev–Trinajstić information content (AvgIpc) is 3.26. The van der Waals surface area contributed by atoms with Crippen LogP contribution in [0.3, 0.4) is 0 Å². The van der Waals surface area contributed by atoms with Crippen molar-refractivity contribution >= 4 is 28.3 Å². The molecule has 4 aromatic rings. The molecule has 0 spiro atoms. The Labute approximate surface area is 197 Å². The van der Waals surface area contributed by atoms with E-state index in [4.69, 9.17) is 4.74 Å². The van der Waals surface area contributed by atoms with Gasteiger partial charge < -0.3 is 15.0 Å². The van der Waals surface area contributed by atoms with E-state index in [-0.39, 0.29) is 6.61 Å². The molecule has 0 saturated carbocycles. The molecule has 0 fully saturated rings. The van der Waals surface area contributed by atoms with Crippen LogP contribution in [0.4, 0.5) is 10.9 Å². The minimum Gasteiger partial charge on any atom is -0.462 e. The van der Waals surface area contributed by atoms with Crippen LogP contribution in [0.25, 0.3) is 22.4 Å². The molecule has 7 nitrogen and oxygen atoms in total. The number of anilines is 2. The molecule has 2 aromatic carbocycles. The highest BCUT2D eigenvalue weighted by molar-refractivity contribution is 7.13. The summed E-state index contributed by atoms with van der Waals surface area (Å²) in [6, 6.07) is 19.4. The van der Waals surface area contributed by atoms with Crippen molar-refractivity contribution in [3.63, 3.8) is 0 Å². The number of aromatic nitrogens is 3. The van der Waals surface area contributed by atoms with Crippen LogP contribution in [-0.4, -0.2) is 46.8 Å². The normalized spacial score (nSPS) is 10.9. The van der Waals surface area contributed by atoms with Crippen LogP contribution in [0.1, 0.15) is 23.0 Å². The van der Waals surface area contributed by atoms with Crippen LogP contribution >= 0.6 is 11.3 Å². The van der Waals surface area contributed by atoms with Crippen LogP contribution in [0.5, 0.6) is 0 Å². The maximum atomic E-state index is 13.2. The Morgan fingerprint density at radius 1 is 1.00 bits per heavy atom. The first kappa shape index (κ1) is 22.6. The van der Waals surface area contributed by atoms with Crippen molar-refractivity contribution < 1.29 is 9.53 Å². The summed E-state index contributed by atoms with van der Waals surface area (Å²) in [6.07, 6.45) is 0. The lowest BCUT2D eigenvalue weighted by atomic mass is 9.95. The number of nitrogens with one attached hydrogen (secondary N) is 1. The van der Waals surface area contributed by atoms with E-state index >= 15 is 0 Å². The van der Waals surface area contributed by atoms with E-state index < -0.39 is 5.97 Å². The third-order valence-corrected chi connectivity index (χ3v) is 5.62. The fourth-order valence-corrected chi connectivity index (χ4v) is 4.17. The predicted octanol–water partition coefficient (Wildman–Crippen LogP) is 5.25. The summed E-state index contributed by atoms with van der Waals surface area (Å²) in [6.45, 7) is 2.75. The summed E-state index contributed by atoms with van der Waals surface area (Å²) in [7, 11) is 3.98. The summed E-state index contributed by atoms with van der Waals surface area (Å²) in [5.74, 6) is -0.145. The minimum atomic E-state index is -0.462. The van der Waals surface area contributed by atoms with Crippen molar-refractivity contribution in [1.29, 1.82) is 0 Å². The number of carbonyl (C=O) groups excluding carboxylic acids is 1. The second-order valence-electron chi connectivity index (χ2n) is 7.61. The second kappa shape index (κ2) is 10.3. The lowest BCUT2D eigenvalue weighted by Crippen LogP contribution is -2.14. The Morgan fingerprint density at radius 3 is 2.30 bits per heavy atom. The van der Waals surface area contributed by atoms with Crippen molar-refractivity contribution in [3.05, 3.63) is 77.3 Å². The maximum Gasteiger partial charge on any atom is 0.342 e. The molecule has 0 aliphatic heterocycles. The van der Waals surface area contributed by atoms with Crippen LogP contribution in [0.2, 0.25) is 0 Å². The van der Waals surface area contributed by atoms with Gasteiger partial charge in [-0.2, -0.15) is 0 Å². The summed E-state index contributed by atoms with van der Waals surface area (Å²) < 4.78 is 5.45. The number of nitrogens with zero attached hydrogens (tertiary/aromatic N) is 4. The number of thiazole rings is 1. The fraction of sp³-hybridized carbons (Fsp3) is 0.200. The zero-order chi connectivity index (χ0) is 23.2. The Bertz CT molecular complexity index is 1230. The van der Waals surface area contributed by atoms with E-state index in [1.54, 1.807) is 6.92 Å². The van der Waals surface area contributed by atoms with Crippen molar-refractivity contribution in [2.45, 2.75) is 13.5 Å². The van der Waals surface area contributed by atoms with E-state index in [1.165, 1.54) is 11.3 Å². The quantitative estimate of drug-likeness (QED) is 0.361. The topological polar surface area (TPSA) is 80.2 Å². The Kier molecular flexibility index (Phi) is 7.07. The molecule has 0 radical (unpaired) electrons. The van der Waals surface area contributed by atoms with Gasteiger partial charge in [-0.05, 0) is 26.6 Å². The molecule has 0 bridgehead atoms. The van der Waals surface area contributed by atoms with Gasteiger partial charge >= 0.3 is 5.97 Å². The first-order chi connectivity index (χ1) is 16.1. The molecule has 0 aliphatic rings. The average molecular weight is 460 g/mol. The molecule has 168 valence electrons. The fourth-order valence-electron chi connectivity index (χ4n) is 3.47. The van der Waals surface area contributed by atoms with Crippen LogP contribution < -0.4 is 5.32 Å². The molecule has 0 saturated heterocycles. The molecular weight excluding hydrogens is 434 g/mol. The number of hydrogen-bond acceptors (Lipinski definition) is 8.